The van der Waals surface area contributed by atoms with Gasteiger partial charge in [0.05, 0.1) is 17.2 Å². The summed E-state index contributed by atoms with van der Waals surface area (Å²) < 4.78 is 0. The van der Waals surface area contributed by atoms with Crippen LogP contribution in [0.2, 0.25) is 0 Å². The van der Waals surface area contributed by atoms with Crippen molar-refractivity contribution < 1.29 is 0 Å². The predicted octanol–water partition coefficient (Wildman–Crippen LogP) is 3.90. The Labute approximate surface area is 171 Å². The highest BCUT2D eigenvalue weighted by molar-refractivity contribution is 14.0. The molecule has 0 amide bonds. The summed E-state index contributed by atoms with van der Waals surface area (Å²) in [5.74, 6) is 0.909. The number of rotatable bonds is 7. The average Bonchev–Trinajstić information content (AvgIpc) is 3.29. The number of nitrogens with zero attached hydrogens (tertiary/aromatic N) is 2. The van der Waals surface area contributed by atoms with Crippen LogP contribution in [0.15, 0.2) is 40.7 Å². The summed E-state index contributed by atoms with van der Waals surface area (Å²) in [5.41, 5.74) is 2.83. The first-order chi connectivity index (χ1) is 11.7. The fourth-order valence-electron chi connectivity index (χ4n) is 2.88. The SMILES string of the molecule is CCNC(=NCC1(c2ccccc2)CC1)NCCc1csc(C)n1.I. The molecule has 0 aliphatic heterocycles. The number of thiazole rings is 1. The first-order valence-electron chi connectivity index (χ1n) is 8.70. The van der Waals surface area contributed by atoms with Crippen LogP contribution in [0.25, 0.3) is 0 Å². The second-order valence-corrected chi connectivity index (χ2v) is 7.44. The van der Waals surface area contributed by atoms with Crippen LogP contribution in [0.3, 0.4) is 0 Å². The van der Waals surface area contributed by atoms with Crippen molar-refractivity contribution in [1.82, 2.24) is 15.6 Å². The highest BCUT2D eigenvalue weighted by atomic mass is 127. The molecule has 0 saturated heterocycles. The lowest BCUT2D eigenvalue weighted by atomic mass is 9.96. The summed E-state index contributed by atoms with van der Waals surface area (Å²) in [5, 5.41) is 10.0. The van der Waals surface area contributed by atoms with Crippen molar-refractivity contribution in [3.63, 3.8) is 0 Å². The molecule has 25 heavy (non-hydrogen) atoms. The van der Waals surface area contributed by atoms with Crippen molar-refractivity contribution in [2.24, 2.45) is 4.99 Å². The summed E-state index contributed by atoms with van der Waals surface area (Å²) in [6.45, 7) is 6.73. The summed E-state index contributed by atoms with van der Waals surface area (Å²) in [7, 11) is 0. The molecule has 1 aliphatic carbocycles. The molecule has 1 aromatic heterocycles. The third-order valence-electron chi connectivity index (χ3n) is 4.46. The highest BCUT2D eigenvalue weighted by Crippen LogP contribution is 2.48. The Morgan fingerprint density at radius 2 is 2.00 bits per heavy atom. The van der Waals surface area contributed by atoms with Gasteiger partial charge in [0.25, 0.3) is 0 Å². The van der Waals surface area contributed by atoms with Gasteiger partial charge in [-0.2, -0.15) is 0 Å². The molecular formula is C19H27IN4S. The second-order valence-electron chi connectivity index (χ2n) is 6.38. The van der Waals surface area contributed by atoms with E-state index in [2.05, 4.69) is 58.3 Å². The number of halogens is 1. The van der Waals surface area contributed by atoms with Crippen molar-refractivity contribution in [3.05, 3.63) is 52.0 Å². The Balaban J connectivity index is 0.00000225. The van der Waals surface area contributed by atoms with E-state index in [1.54, 1.807) is 11.3 Å². The zero-order valence-electron chi connectivity index (χ0n) is 14.9. The predicted molar refractivity (Wildman–Crippen MR) is 117 cm³/mol. The molecule has 1 aromatic carbocycles. The molecule has 1 aliphatic rings. The van der Waals surface area contributed by atoms with Crippen LogP contribution in [-0.4, -0.2) is 30.6 Å². The van der Waals surface area contributed by atoms with Gasteiger partial charge in [-0.25, -0.2) is 4.98 Å². The van der Waals surface area contributed by atoms with Crippen LogP contribution < -0.4 is 10.6 Å². The van der Waals surface area contributed by atoms with Gasteiger partial charge in [0, 0.05) is 30.3 Å². The maximum absolute atomic E-state index is 4.84. The number of aryl methyl sites for hydroxylation is 1. The Kier molecular flexibility index (Phi) is 7.68. The largest absolute Gasteiger partial charge is 0.357 e. The Morgan fingerprint density at radius 3 is 2.60 bits per heavy atom. The van der Waals surface area contributed by atoms with E-state index in [-0.39, 0.29) is 29.4 Å². The van der Waals surface area contributed by atoms with E-state index < -0.39 is 0 Å². The number of hydrogen-bond acceptors (Lipinski definition) is 3. The van der Waals surface area contributed by atoms with E-state index in [1.807, 2.05) is 6.92 Å². The van der Waals surface area contributed by atoms with E-state index in [0.717, 1.165) is 42.7 Å². The number of nitrogens with one attached hydrogen (secondary N) is 2. The van der Waals surface area contributed by atoms with Crippen LogP contribution in [0, 0.1) is 6.92 Å². The van der Waals surface area contributed by atoms with E-state index >= 15 is 0 Å². The van der Waals surface area contributed by atoms with Crippen LogP contribution >= 0.6 is 35.3 Å². The number of benzene rings is 1. The van der Waals surface area contributed by atoms with Gasteiger partial charge >= 0.3 is 0 Å². The highest BCUT2D eigenvalue weighted by Gasteiger charge is 2.43. The van der Waals surface area contributed by atoms with Gasteiger partial charge in [0.1, 0.15) is 0 Å². The molecule has 1 saturated carbocycles. The number of aliphatic imine (C=N–C) groups is 1. The second kappa shape index (κ2) is 9.52. The van der Waals surface area contributed by atoms with E-state index in [1.165, 1.54) is 18.4 Å². The molecular weight excluding hydrogens is 443 g/mol. The third-order valence-corrected chi connectivity index (χ3v) is 5.29. The van der Waals surface area contributed by atoms with Crippen LogP contribution in [0.1, 0.15) is 36.0 Å². The van der Waals surface area contributed by atoms with Gasteiger partial charge in [-0.05, 0) is 32.3 Å². The minimum absolute atomic E-state index is 0. The van der Waals surface area contributed by atoms with Gasteiger partial charge in [0.2, 0.25) is 0 Å². The van der Waals surface area contributed by atoms with Gasteiger partial charge in [0.15, 0.2) is 5.96 Å². The first kappa shape index (κ1) is 20.2. The van der Waals surface area contributed by atoms with Gasteiger partial charge in [-0.15, -0.1) is 35.3 Å². The summed E-state index contributed by atoms with van der Waals surface area (Å²) in [6.07, 6.45) is 3.40. The number of guanidine groups is 1. The topological polar surface area (TPSA) is 49.3 Å². The van der Waals surface area contributed by atoms with Crippen molar-refractivity contribution in [1.29, 1.82) is 0 Å². The molecule has 0 radical (unpaired) electrons. The molecule has 0 spiro atoms. The van der Waals surface area contributed by atoms with Crippen molar-refractivity contribution in [2.75, 3.05) is 19.6 Å². The first-order valence-corrected chi connectivity index (χ1v) is 9.58. The normalized spacial score (nSPS) is 15.4. The molecule has 0 atom stereocenters. The van der Waals surface area contributed by atoms with Crippen molar-refractivity contribution in [3.8, 4) is 0 Å². The molecule has 1 fully saturated rings. The minimum atomic E-state index is 0. The fourth-order valence-corrected chi connectivity index (χ4v) is 3.53. The quantitative estimate of drug-likeness (QED) is 0.367. The average molecular weight is 470 g/mol. The summed E-state index contributed by atoms with van der Waals surface area (Å²) in [4.78, 5) is 9.34. The van der Waals surface area contributed by atoms with Gasteiger partial charge in [-0.3, -0.25) is 4.99 Å². The van der Waals surface area contributed by atoms with Gasteiger partial charge in [-0.1, -0.05) is 30.3 Å². The number of hydrogen-bond donors (Lipinski definition) is 2. The number of aromatic nitrogens is 1. The molecule has 2 N–H and O–H groups in total. The lowest BCUT2D eigenvalue weighted by molar-refractivity contribution is 0.691. The minimum Gasteiger partial charge on any atom is -0.357 e. The summed E-state index contributed by atoms with van der Waals surface area (Å²) in [6, 6.07) is 10.8. The van der Waals surface area contributed by atoms with Gasteiger partial charge < -0.3 is 10.6 Å². The molecule has 0 bridgehead atoms. The lowest BCUT2D eigenvalue weighted by Crippen LogP contribution is -2.39. The van der Waals surface area contributed by atoms with E-state index in [0.29, 0.717) is 0 Å². The molecule has 6 heteroatoms. The molecule has 0 unspecified atom stereocenters. The van der Waals surface area contributed by atoms with Crippen LogP contribution in [0.5, 0.6) is 0 Å². The maximum Gasteiger partial charge on any atom is 0.191 e. The maximum atomic E-state index is 4.84. The molecule has 4 nitrogen and oxygen atoms in total. The van der Waals surface area contributed by atoms with Crippen LogP contribution in [0.4, 0.5) is 0 Å². The van der Waals surface area contributed by atoms with E-state index in [9.17, 15) is 0 Å². The lowest BCUT2D eigenvalue weighted by Gasteiger charge is -2.15. The Bertz CT molecular complexity index is 680. The molecule has 136 valence electrons. The molecule has 1 heterocycles. The van der Waals surface area contributed by atoms with Crippen molar-refractivity contribution in [2.45, 2.75) is 38.5 Å². The zero-order chi connectivity index (χ0) is 16.8. The summed E-state index contributed by atoms with van der Waals surface area (Å²) >= 11 is 1.71. The van der Waals surface area contributed by atoms with Crippen molar-refractivity contribution >= 4 is 41.3 Å². The Morgan fingerprint density at radius 1 is 1.24 bits per heavy atom. The molecule has 2 aromatic rings. The smallest absolute Gasteiger partial charge is 0.191 e. The zero-order valence-corrected chi connectivity index (χ0v) is 18.1. The Hall–Kier alpha value is -1.15. The van der Waals surface area contributed by atoms with Crippen LogP contribution in [-0.2, 0) is 11.8 Å². The third kappa shape index (κ3) is 5.67. The monoisotopic (exact) mass is 470 g/mol. The standard InChI is InChI=1S/C19H26N4S.HI/c1-3-20-18(21-12-9-17-13-24-15(2)23-17)22-14-19(10-11-19)16-7-5-4-6-8-16;/h4-8,13H,3,9-12,14H2,1-2H3,(H2,20,21,22);1H. The fraction of sp³-hybridized carbons (Fsp3) is 0.474. The molecule has 3 rings (SSSR count). The van der Waals surface area contributed by atoms with E-state index in [4.69, 9.17) is 4.99 Å².